The molecule has 0 heterocycles. The van der Waals surface area contributed by atoms with Crippen molar-refractivity contribution >= 4 is 23.2 Å². The molecule has 1 aromatic carbocycles. The van der Waals surface area contributed by atoms with Crippen LogP contribution in [0.3, 0.4) is 0 Å². The van der Waals surface area contributed by atoms with Gasteiger partial charge in [-0.2, -0.15) is 0 Å². The van der Waals surface area contributed by atoms with Gasteiger partial charge in [-0.05, 0) is 42.7 Å². The van der Waals surface area contributed by atoms with Crippen LogP contribution in [0.1, 0.15) is 31.7 Å². The summed E-state index contributed by atoms with van der Waals surface area (Å²) in [6.07, 6.45) is 3.55. The van der Waals surface area contributed by atoms with E-state index in [9.17, 15) is 5.11 Å². The predicted octanol–water partition coefficient (Wildman–Crippen LogP) is 4.09. The van der Waals surface area contributed by atoms with Crippen molar-refractivity contribution in [1.29, 1.82) is 0 Å². The molecule has 2 unspecified atom stereocenters. The van der Waals surface area contributed by atoms with Crippen molar-refractivity contribution in [2.24, 2.45) is 5.41 Å². The average Bonchev–Trinajstić information content (AvgIpc) is 2.54. The maximum Gasteiger partial charge on any atom is 0.0624 e. The Hall–Kier alpha value is -0.240. The van der Waals surface area contributed by atoms with Crippen LogP contribution in [-0.4, -0.2) is 11.2 Å². The number of hydrogen-bond acceptors (Lipinski definition) is 1. The van der Waals surface area contributed by atoms with E-state index in [1.54, 1.807) is 6.07 Å². The highest BCUT2D eigenvalue weighted by atomic mass is 35.5. The minimum absolute atomic E-state index is 0.150. The topological polar surface area (TPSA) is 20.2 Å². The fraction of sp³-hybridized carbons (Fsp3) is 0.538. The van der Waals surface area contributed by atoms with Gasteiger partial charge < -0.3 is 5.11 Å². The lowest BCUT2D eigenvalue weighted by molar-refractivity contribution is 0.163. The fourth-order valence-electron chi connectivity index (χ4n) is 2.59. The average molecular weight is 259 g/mol. The number of halogens is 2. The molecule has 0 spiro atoms. The first-order valence-electron chi connectivity index (χ1n) is 5.61. The van der Waals surface area contributed by atoms with E-state index in [2.05, 4.69) is 6.92 Å². The van der Waals surface area contributed by atoms with E-state index < -0.39 is 0 Å². The lowest BCUT2D eigenvalue weighted by atomic mass is 9.82. The fourth-order valence-corrected chi connectivity index (χ4v) is 2.98. The Labute approximate surface area is 106 Å². The molecule has 3 heteroatoms. The molecule has 0 radical (unpaired) electrons. The normalized spacial score (nSPS) is 29.6. The van der Waals surface area contributed by atoms with Crippen LogP contribution in [0.15, 0.2) is 18.2 Å². The number of benzene rings is 1. The first-order chi connectivity index (χ1) is 7.50. The summed E-state index contributed by atoms with van der Waals surface area (Å²) < 4.78 is 0. The molecule has 1 N–H and O–H groups in total. The lowest BCUT2D eigenvalue weighted by Crippen LogP contribution is -2.17. The third-order valence-corrected chi connectivity index (χ3v) is 4.32. The second-order valence-electron chi connectivity index (χ2n) is 5.10. The van der Waals surface area contributed by atoms with E-state index in [1.807, 2.05) is 12.1 Å². The second kappa shape index (κ2) is 4.56. The van der Waals surface area contributed by atoms with Crippen LogP contribution >= 0.6 is 23.2 Å². The maximum absolute atomic E-state index is 9.61. The van der Waals surface area contributed by atoms with Crippen molar-refractivity contribution in [3.8, 4) is 0 Å². The largest absolute Gasteiger partial charge is 0.393 e. The molecular weight excluding hydrogens is 243 g/mol. The van der Waals surface area contributed by atoms with E-state index in [4.69, 9.17) is 23.2 Å². The van der Waals surface area contributed by atoms with Gasteiger partial charge in [0.1, 0.15) is 0 Å². The summed E-state index contributed by atoms with van der Waals surface area (Å²) in [4.78, 5) is 0. The number of hydrogen-bond donors (Lipinski definition) is 1. The zero-order chi connectivity index (χ0) is 11.8. The standard InChI is InChI=1S/C13H16Cl2O/c1-13(6-5-10(16)8-13)7-9-3-2-4-11(14)12(9)15/h2-4,10,16H,5-8H2,1H3. The van der Waals surface area contributed by atoms with Crippen LogP contribution in [0.4, 0.5) is 0 Å². The van der Waals surface area contributed by atoms with Crippen molar-refractivity contribution in [3.05, 3.63) is 33.8 Å². The Bertz CT molecular complexity index is 392. The molecule has 0 aliphatic heterocycles. The van der Waals surface area contributed by atoms with Gasteiger partial charge in [-0.1, -0.05) is 42.3 Å². The zero-order valence-electron chi connectivity index (χ0n) is 9.34. The van der Waals surface area contributed by atoms with Gasteiger partial charge in [-0.25, -0.2) is 0 Å². The minimum atomic E-state index is -0.150. The van der Waals surface area contributed by atoms with E-state index in [0.717, 1.165) is 31.2 Å². The van der Waals surface area contributed by atoms with Gasteiger partial charge in [0, 0.05) is 0 Å². The number of aliphatic hydroxyl groups is 1. The first-order valence-corrected chi connectivity index (χ1v) is 6.37. The molecular formula is C13H16Cl2O. The lowest BCUT2D eigenvalue weighted by Gasteiger charge is -2.24. The van der Waals surface area contributed by atoms with Gasteiger partial charge in [0.05, 0.1) is 16.1 Å². The summed E-state index contributed by atoms with van der Waals surface area (Å²) in [6, 6.07) is 5.75. The summed E-state index contributed by atoms with van der Waals surface area (Å²) in [5, 5.41) is 10.9. The Morgan fingerprint density at radius 2 is 2.19 bits per heavy atom. The molecule has 1 aliphatic rings. The SMILES string of the molecule is CC1(Cc2cccc(Cl)c2Cl)CCC(O)C1. The summed E-state index contributed by atoms with van der Waals surface area (Å²) in [7, 11) is 0. The van der Waals surface area contributed by atoms with Crippen LogP contribution in [0.25, 0.3) is 0 Å². The highest BCUT2D eigenvalue weighted by molar-refractivity contribution is 6.42. The van der Waals surface area contributed by atoms with Crippen LogP contribution in [0, 0.1) is 5.41 Å². The van der Waals surface area contributed by atoms with Gasteiger partial charge in [0.25, 0.3) is 0 Å². The minimum Gasteiger partial charge on any atom is -0.393 e. The molecule has 1 aliphatic carbocycles. The van der Waals surface area contributed by atoms with Crippen molar-refractivity contribution in [1.82, 2.24) is 0 Å². The van der Waals surface area contributed by atoms with Crippen LogP contribution in [0.5, 0.6) is 0 Å². The molecule has 0 bridgehead atoms. The van der Waals surface area contributed by atoms with E-state index in [0.29, 0.717) is 10.0 Å². The molecule has 0 aromatic heterocycles. The Kier molecular flexibility index (Phi) is 3.48. The van der Waals surface area contributed by atoms with Gasteiger partial charge in [0.15, 0.2) is 0 Å². The zero-order valence-corrected chi connectivity index (χ0v) is 10.9. The molecule has 2 rings (SSSR count). The summed E-state index contributed by atoms with van der Waals surface area (Å²) >= 11 is 12.2. The summed E-state index contributed by atoms with van der Waals surface area (Å²) in [5.74, 6) is 0. The van der Waals surface area contributed by atoms with Crippen molar-refractivity contribution in [3.63, 3.8) is 0 Å². The molecule has 0 saturated heterocycles. The predicted molar refractivity (Wildman–Crippen MR) is 68.1 cm³/mol. The van der Waals surface area contributed by atoms with Crippen molar-refractivity contribution < 1.29 is 5.11 Å². The Morgan fingerprint density at radius 3 is 2.81 bits per heavy atom. The molecule has 2 atom stereocenters. The van der Waals surface area contributed by atoms with Gasteiger partial charge in [-0.3, -0.25) is 0 Å². The highest BCUT2D eigenvalue weighted by Crippen LogP contribution is 2.42. The molecule has 88 valence electrons. The highest BCUT2D eigenvalue weighted by Gasteiger charge is 2.34. The molecule has 1 fully saturated rings. The van der Waals surface area contributed by atoms with Gasteiger partial charge in [0.2, 0.25) is 0 Å². The molecule has 0 amide bonds. The molecule has 1 aromatic rings. The number of aliphatic hydroxyl groups excluding tert-OH is 1. The maximum atomic E-state index is 9.61. The third kappa shape index (κ3) is 2.53. The Balaban J connectivity index is 2.18. The molecule has 16 heavy (non-hydrogen) atoms. The summed E-state index contributed by atoms with van der Waals surface area (Å²) in [6.45, 7) is 2.21. The van der Waals surface area contributed by atoms with Crippen LogP contribution < -0.4 is 0 Å². The number of rotatable bonds is 2. The van der Waals surface area contributed by atoms with Gasteiger partial charge >= 0.3 is 0 Å². The molecule has 1 nitrogen and oxygen atoms in total. The molecule has 1 saturated carbocycles. The second-order valence-corrected chi connectivity index (χ2v) is 5.88. The van der Waals surface area contributed by atoms with Gasteiger partial charge in [-0.15, -0.1) is 0 Å². The Morgan fingerprint density at radius 1 is 1.44 bits per heavy atom. The van der Waals surface area contributed by atoms with Crippen molar-refractivity contribution in [2.45, 2.75) is 38.7 Å². The van der Waals surface area contributed by atoms with Crippen molar-refractivity contribution in [2.75, 3.05) is 0 Å². The quantitative estimate of drug-likeness (QED) is 0.848. The van der Waals surface area contributed by atoms with Crippen LogP contribution in [0.2, 0.25) is 10.0 Å². The smallest absolute Gasteiger partial charge is 0.0624 e. The van der Waals surface area contributed by atoms with Crippen LogP contribution in [-0.2, 0) is 6.42 Å². The van der Waals surface area contributed by atoms with E-state index >= 15 is 0 Å². The van der Waals surface area contributed by atoms with E-state index in [-0.39, 0.29) is 11.5 Å². The third-order valence-electron chi connectivity index (χ3n) is 3.46. The monoisotopic (exact) mass is 258 g/mol. The first kappa shape index (κ1) is 12.2. The van der Waals surface area contributed by atoms with E-state index in [1.165, 1.54) is 0 Å². The summed E-state index contributed by atoms with van der Waals surface area (Å²) in [5.41, 5.74) is 1.25.